The number of ether oxygens (including phenoxy) is 2. The van der Waals surface area contributed by atoms with Crippen LogP contribution in [-0.2, 0) is 9.47 Å². The lowest BCUT2D eigenvalue weighted by molar-refractivity contribution is -0.151. The van der Waals surface area contributed by atoms with Crippen LogP contribution in [0.2, 0.25) is 0 Å². The smallest absolute Gasteiger partial charge is 0.104 e. The van der Waals surface area contributed by atoms with Crippen molar-refractivity contribution in [3.63, 3.8) is 0 Å². The SMILES string of the molecule is CCC1(COC)CNCC(CC2CCCC2)O1. The van der Waals surface area contributed by atoms with Gasteiger partial charge >= 0.3 is 0 Å². The quantitative estimate of drug-likeness (QED) is 0.801. The molecule has 17 heavy (non-hydrogen) atoms. The molecule has 1 heterocycles. The van der Waals surface area contributed by atoms with Crippen LogP contribution < -0.4 is 5.32 Å². The van der Waals surface area contributed by atoms with Gasteiger partial charge in [0.05, 0.1) is 12.7 Å². The normalized spacial score (nSPS) is 35.3. The molecule has 0 bridgehead atoms. The van der Waals surface area contributed by atoms with E-state index in [1.807, 2.05) is 0 Å². The Morgan fingerprint density at radius 1 is 1.35 bits per heavy atom. The molecule has 2 aliphatic rings. The number of hydrogen-bond acceptors (Lipinski definition) is 3. The molecular formula is C14H27NO2. The van der Waals surface area contributed by atoms with Gasteiger partial charge in [-0.1, -0.05) is 32.6 Å². The summed E-state index contributed by atoms with van der Waals surface area (Å²) in [7, 11) is 1.77. The van der Waals surface area contributed by atoms with Crippen molar-refractivity contribution < 1.29 is 9.47 Å². The van der Waals surface area contributed by atoms with Crippen molar-refractivity contribution in [1.82, 2.24) is 5.32 Å². The minimum absolute atomic E-state index is 0.0870. The lowest BCUT2D eigenvalue weighted by Crippen LogP contribution is -2.56. The maximum Gasteiger partial charge on any atom is 0.104 e. The van der Waals surface area contributed by atoms with E-state index in [9.17, 15) is 0 Å². The van der Waals surface area contributed by atoms with Gasteiger partial charge in [0.25, 0.3) is 0 Å². The highest BCUT2D eigenvalue weighted by Crippen LogP contribution is 2.32. The van der Waals surface area contributed by atoms with E-state index in [4.69, 9.17) is 9.47 Å². The van der Waals surface area contributed by atoms with Crippen LogP contribution in [0.5, 0.6) is 0 Å². The summed E-state index contributed by atoms with van der Waals surface area (Å²) in [6.45, 7) is 4.84. The van der Waals surface area contributed by atoms with Crippen LogP contribution in [0.15, 0.2) is 0 Å². The van der Waals surface area contributed by atoms with Gasteiger partial charge in [0, 0.05) is 20.2 Å². The van der Waals surface area contributed by atoms with Crippen LogP contribution in [0.25, 0.3) is 0 Å². The van der Waals surface area contributed by atoms with E-state index >= 15 is 0 Å². The van der Waals surface area contributed by atoms with E-state index < -0.39 is 0 Å². The summed E-state index contributed by atoms with van der Waals surface area (Å²) < 4.78 is 11.7. The molecule has 2 fully saturated rings. The molecule has 100 valence electrons. The Hall–Kier alpha value is -0.120. The molecule has 1 saturated heterocycles. The fourth-order valence-corrected chi connectivity index (χ4v) is 3.31. The molecule has 0 amide bonds. The lowest BCUT2D eigenvalue weighted by Gasteiger charge is -2.41. The number of nitrogens with one attached hydrogen (secondary N) is 1. The summed E-state index contributed by atoms with van der Waals surface area (Å²) >= 11 is 0. The number of hydrogen-bond donors (Lipinski definition) is 1. The molecule has 0 aromatic rings. The van der Waals surface area contributed by atoms with Crippen LogP contribution in [0, 0.1) is 5.92 Å². The molecular weight excluding hydrogens is 214 g/mol. The van der Waals surface area contributed by atoms with Crippen molar-refractivity contribution in [2.45, 2.75) is 57.2 Å². The van der Waals surface area contributed by atoms with Crippen LogP contribution in [0.1, 0.15) is 45.4 Å². The van der Waals surface area contributed by atoms with Gasteiger partial charge in [0.1, 0.15) is 5.60 Å². The van der Waals surface area contributed by atoms with Crippen molar-refractivity contribution >= 4 is 0 Å². The summed E-state index contributed by atoms with van der Waals surface area (Å²) in [5, 5.41) is 3.53. The van der Waals surface area contributed by atoms with Crippen LogP contribution in [0.3, 0.4) is 0 Å². The van der Waals surface area contributed by atoms with Gasteiger partial charge in [-0.15, -0.1) is 0 Å². The van der Waals surface area contributed by atoms with Gasteiger partial charge in [0.15, 0.2) is 0 Å². The highest BCUT2D eigenvalue weighted by molar-refractivity contribution is 4.89. The number of rotatable bonds is 5. The van der Waals surface area contributed by atoms with Crippen molar-refractivity contribution in [3.05, 3.63) is 0 Å². The molecule has 0 aromatic heterocycles. The first-order valence-corrected chi connectivity index (χ1v) is 7.15. The first kappa shape index (κ1) is 13.3. The minimum atomic E-state index is -0.0870. The van der Waals surface area contributed by atoms with Gasteiger partial charge in [0.2, 0.25) is 0 Å². The topological polar surface area (TPSA) is 30.5 Å². The predicted octanol–water partition coefficient (Wildman–Crippen LogP) is 2.35. The largest absolute Gasteiger partial charge is 0.382 e. The molecule has 1 aliphatic heterocycles. The number of morpholine rings is 1. The van der Waals surface area contributed by atoms with E-state index in [0.717, 1.165) is 25.4 Å². The molecule has 1 N–H and O–H groups in total. The van der Waals surface area contributed by atoms with E-state index in [1.165, 1.54) is 32.1 Å². The van der Waals surface area contributed by atoms with Gasteiger partial charge in [-0.3, -0.25) is 0 Å². The van der Waals surface area contributed by atoms with Crippen molar-refractivity contribution in [2.24, 2.45) is 5.92 Å². The van der Waals surface area contributed by atoms with Gasteiger partial charge in [-0.05, 0) is 18.8 Å². The zero-order valence-electron chi connectivity index (χ0n) is 11.3. The average Bonchev–Trinajstić information content (AvgIpc) is 2.83. The third-order valence-corrected chi connectivity index (χ3v) is 4.36. The predicted molar refractivity (Wildman–Crippen MR) is 69.2 cm³/mol. The summed E-state index contributed by atoms with van der Waals surface area (Å²) in [5.41, 5.74) is -0.0870. The maximum absolute atomic E-state index is 6.34. The van der Waals surface area contributed by atoms with Gasteiger partial charge < -0.3 is 14.8 Å². The third-order valence-electron chi connectivity index (χ3n) is 4.36. The highest BCUT2D eigenvalue weighted by Gasteiger charge is 2.36. The van der Waals surface area contributed by atoms with Crippen LogP contribution in [0.4, 0.5) is 0 Å². The lowest BCUT2D eigenvalue weighted by atomic mass is 9.95. The Labute approximate surface area is 105 Å². The fourth-order valence-electron chi connectivity index (χ4n) is 3.31. The van der Waals surface area contributed by atoms with E-state index in [0.29, 0.717) is 12.7 Å². The first-order chi connectivity index (χ1) is 8.28. The second-order valence-electron chi connectivity index (χ2n) is 5.73. The Kier molecular flexibility index (Phi) is 4.83. The standard InChI is InChI=1S/C14H27NO2/c1-3-14(11-16-2)10-15-9-13(17-14)8-12-6-4-5-7-12/h12-13,15H,3-11H2,1-2H3. The van der Waals surface area contributed by atoms with E-state index in [-0.39, 0.29) is 5.60 Å². The van der Waals surface area contributed by atoms with Crippen molar-refractivity contribution in [1.29, 1.82) is 0 Å². The van der Waals surface area contributed by atoms with Gasteiger partial charge in [-0.25, -0.2) is 0 Å². The minimum Gasteiger partial charge on any atom is -0.382 e. The second kappa shape index (κ2) is 6.17. The van der Waals surface area contributed by atoms with Gasteiger partial charge in [-0.2, -0.15) is 0 Å². The van der Waals surface area contributed by atoms with Crippen LogP contribution >= 0.6 is 0 Å². The molecule has 3 nitrogen and oxygen atoms in total. The van der Waals surface area contributed by atoms with E-state index in [2.05, 4.69) is 12.2 Å². The first-order valence-electron chi connectivity index (χ1n) is 7.15. The Balaban J connectivity index is 1.86. The monoisotopic (exact) mass is 241 g/mol. The summed E-state index contributed by atoms with van der Waals surface area (Å²) in [4.78, 5) is 0. The Bertz CT molecular complexity index is 224. The fraction of sp³-hybridized carbons (Fsp3) is 1.00. The molecule has 1 aliphatic carbocycles. The zero-order valence-corrected chi connectivity index (χ0v) is 11.3. The summed E-state index contributed by atoms with van der Waals surface area (Å²) in [6.07, 6.45) is 8.30. The maximum atomic E-state index is 6.34. The van der Waals surface area contributed by atoms with Crippen molar-refractivity contribution in [3.8, 4) is 0 Å². The summed E-state index contributed by atoms with van der Waals surface area (Å²) in [5.74, 6) is 0.900. The number of methoxy groups -OCH3 is 1. The molecule has 0 aromatic carbocycles. The molecule has 3 heteroatoms. The molecule has 1 saturated carbocycles. The Morgan fingerprint density at radius 3 is 2.76 bits per heavy atom. The van der Waals surface area contributed by atoms with Crippen LogP contribution in [-0.4, -0.2) is 38.5 Å². The molecule has 2 atom stereocenters. The Morgan fingerprint density at radius 2 is 2.12 bits per heavy atom. The molecule has 0 radical (unpaired) electrons. The third kappa shape index (κ3) is 3.43. The second-order valence-corrected chi connectivity index (χ2v) is 5.73. The molecule has 0 spiro atoms. The molecule has 2 unspecified atom stereocenters. The highest BCUT2D eigenvalue weighted by atomic mass is 16.5. The molecule has 2 rings (SSSR count). The van der Waals surface area contributed by atoms with Crippen molar-refractivity contribution in [2.75, 3.05) is 26.8 Å². The summed E-state index contributed by atoms with van der Waals surface area (Å²) in [6, 6.07) is 0. The van der Waals surface area contributed by atoms with E-state index in [1.54, 1.807) is 7.11 Å². The average molecular weight is 241 g/mol. The zero-order chi connectivity index (χ0) is 12.1.